The zero-order valence-electron chi connectivity index (χ0n) is 25.0. The third-order valence-electron chi connectivity index (χ3n) is 7.99. The predicted octanol–water partition coefficient (Wildman–Crippen LogP) is 6.10. The molecule has 5 aromatic carbocycles. The maximum absolute atomic E-state index is 4.41. The monoisotopic (exact) mass is 574 g/mol. The van der Waals surface area contributed by atoms with E-state index in [2.05, 4.69) is 163 Å². The highest BCUT2D eigenvalue weighted by molar-refractivity contribution is 6.89. The summed E-state index contributed by atoms with van der Waals surface area (Å²) >= 11 is 0. The number of hydrogen-bond acceptors (Lipinski definition) is 1. The van der Waals surface area contributed by atoms with Crippen molar-refractivity contribution >= 4 is 32.3 Å². The highest BCUT2D eigenvalue weighted by Crippen LogP contribution is 2.33. The summed E-state index contributed by atoms with van der Waals surface area (Å²) in [6.45, 7) is 6.46. The van der Waals surface area contributed by atoms with Crippen molar-refractivity contribution in [1.82, 2.24) is 9.55 Å². The molecule has 0 radical (unpaired) electrons. The van der Waals surface area contributed by atoms with Crippen LogP contribution in [0.15, 0.2) is 177 Å². The molecule has 1 aromatic heterocycles. The topological polar surface area (TPSA) is 17.8 Å². The molecule has 0 saturated heterocycles. The summed E-state index contributed by atoms with van der Waals surface area (Å²) in [4.78, 5) is 4.41. The number of hydrogen-bond donors (Lipinski definition) is 0. The molecule has 1 heterocycles. The first-order chi connectivity index (χ1) is 21.2. The van der Waals surface area contributed by atoms with Gasteiger partial charge in [-0.15, -0.1) is 12.6 Å². The summed E-state index contributed by atoms with van der Waals surface area (Å²) < 4.78 is 2.32. The average Bonchev–Trinajstić information content (AvgIpc) is 3.62. The van der Waals surface area contributed by atoms with Crippen LogP contribution >= 0.6 is 0 Å². The van der Waals surface area contributed by atoms with Crippen molar-refractivity contribution in [3.05, 3.63) is 194 Å². The zero-order chi connectivity index (χ0) is 29.7. The fourth-order valence-corrected chi connectivity index (χ4v) is 8.40. The van der Waals surface area contributed by atoms with E-state index in [1.807, 2.05) is 30.6 Å². The van der Waals surface area contributed by atoms with Crippen LogP contribution in [-0.2, 0) is 11.6 Å². The minimum absolute atomic E-state index is 0.205. The smallest absolute Gasteiger partial charge is 0.233 e. The molecule has 0 atom stereocenters. The van der Waals surface area contributed by atoms with E-state index in [0.717, 1.165) is 6.42 Å². The molecule has 0 N–H and O–H groups in total. The van der Waals surface area contributed by atoms with Crippen molar-refractivity contribution < 1.29 is 0 Å². The van der Waals surface area contributed by atoms with Crippen molar-refractivity contribution in [3.63, 3.8) is 0 Å². The van der Waals surface area contributed by atoms with Gasteiger partial charge < -0.3 is 4.57 Å². The van der Waals surface area contributed by atoms with Gasteiger partial charge in [-0.2, -0.15) is 0 Å². The van der Waals surface area contributed by atoms with Gasteiger partial charge in [0.25, 0.3) is 0 Å². The molecule has 6 aromatic rings. The molecule has 0 aliphatic heterocycles. The van der Waals surface area contributed by atoms with Crippen LogP contribution in [0.1, 0.15) is 30.0 Å². The van der Waals surface area contributed by atoms with Gasteiger partial charge in [0.15, 0.2) is 0 Å². The highest BCUT2D eigenvalue weighted by atomic mass is 28.2. The Labute approximate surface area is 259 Å². The highest BCUT2D eigenvalue weighted by Gasteiger charge is 2.36. The molecule has 6 rings (SSSR count). The molecule has 212 valence electrons. The van der Waals surface area contributed by atoms with Gasteiger partial charge in [0.1, 0.15) is 0 Å². The number of aryl methyl sites for hydroxylation is 1. The van der Waals surface area contributed by atoms with Gasteiger partial charge >= 0.3 is 0 Å². The van der Waals surface area contributed by atoms with Crippen LogP contribution in [0.4, 0.5) is 0 Å². The van der Waals surface area contributed by atoms with Crippen molar-refractivity contribution in [2.75, 3.05) is 0 Å². The Morgan fingerprint density at radius 3 is 1.72 bits per heavy atom. The lowest BCUT2D eigenvalue weighted by Gasteiger charge is -2.37. The van der Waals surface area contributed by atoms with Gasteiger partial charge in [-0.3, -0.25) is 0 Å². The third-order valence-corrected chi connectivity index (χ3v) is 10.5. The van der Waals surface area contributed by atoms with E-state index in [-0.39, 0.29) is 5.16 Å². The van der Waals surface area contributed by atoms with Crippen LogP contribution in [-0.4, -0.2) is 25.8 Å². The quantitative estimate of drug-likeness (QED) is 0.181. The molecule has 0 saturated carbocycles. The van der Waals surface area contributed by atoms with Gasteiger partial charge in [0.2, 0.25) is 6.71 Å². The Morgan fingerprint density at radius 1 is 0.721 bits per heavy atom. The van der Waals surface area contributed by atoms with Crippen molar-refractivity contribution in [2.45, 2.75) is 24.9 Å². The Balaban J connectivity index is 0.000000207. The standard InChI is InChI=1S/C25H26N2Si.C14H13B/c1-2-10-21-11-9-16-24(19-21)28-25(27-18-17-26-20-27,22-12-5-3-6-13-22)23-14-7-4-8-15-23;1-2-15(13-9-5-3-6-10-13)14-11-7-4-8-12-14/h3-9,11-20H,2,10,28H2,1H3;2-12H,1H2. The molecule has 0 aliphatic rings. The molecule has 0 aliphatic carbocycles. The van der Waals surface area contributed by atoms with Crippen LogP contribution in [0.2, 0.25) is 0 Å². The molecular weight excluding hydrogens is 535 g/mol. The van der Waals surface area contributed by atoms with E-state index in [9.17, 15) is 0 Å². The predicted molar refractivity (Wildman–Crippen MR) is 188 cm³/mol. The first-order valence-corrected chi connectivity index (χ1v) is 16.6. The zero-order valence-corrected chi connectivity index (χ0v) is 26.4. The number of benzene rings is 5. The fraction of sp³-hybridized carbons (Fsp3) is 0.103. The number of rotatable bonds is 10. The van der Waals surface area contributed by atoms with Crippen LogP contribution in [0.5, 0.6) is 0 Å². The lowest BCUT2D eigenvalue weighted by Crippen LogP contribution is -2.46. The molecule has 0 bridgehead atoms. The van der Waals surface area contributed by atoms with E-state index in [4.69, 9.17) is 0 Å². The van der Waals surface area contributed by atoms with Crippen molar-refractivity contribution in [2.24, 2.45) is 0 Å². The van der Waals surface area contributed by atoms with Crippen LogP contribution in [0.3, 0.4) is 0 Å². The SMILES string of the molecule is C=CB(c1ccccc1)c1ccccc1.CCCc1cccc([SiH2]C(c2ccccc2)(c2ccccc2)n2ccnc2)c1. The largest absolute Gasteiger partial charge is 0.326 e. The molecule has 0 amide bonds. The second kappa shape index (κ2) is 15.0. The summed E-state index contributed by atoms with van der Waals surface area (Å²) in [6, 6.07) is 51.9. The molecule has 0 unspecified atom stereocenters. The summed E-state index contributed by atoms with van der Waals surface area (Å²) in [5.41, 5.74) is 6.67. The normalized spacial score (nSPS) is 11.1. The first kappa shape index (κ1) is 29.8. The molecular formula is C39H39BN2Si. The summed E-state index contributed by atoms with van der Waals surface area (Å²) in [5, 5.41) is 1.27. The third kappa shape index (κ3) is 7.22. The Kier molecular flexibility index (Phi) is 10.4. The van der Waals surface area contributed by atoms with Gasteiger partial charge in [-0.05, 0) is 23.1 Å². The fourth-order valence-electron chi connectivity index (χ4n) is 5.94. The van der Waals surface area contributed by atoms with E-state index >= 15 is 0 Å². The van der Waals surface area contributed by atoms with E-state index < -0.39 is 9.52 Å². The lowest BCUT2D eigenvalue weighted by atomic mass is 9.41. The first-order valence-electron chi connectivity index (χ1n) is 15.1. The number of imidazole rings is 1. The van der Waals surface area contributed by atoms with Gasteiger partial charge in [-0.1, -0.05) is 175 Å². The van der Waals surface area contributed by atoms with Crippen molar-refractivity contribution in [1.29, 1.82) is 0 Å². The molecule has 0 fully saturated rings. The minimum Gasteiger partial charge on any atom is -0.326 e. The minimum atomic E-state index is -0.785. The Morgan fingerprint density at radius 2 is 1.26 bits per heavy atom. The van der Waals surface area contributed by atoms with E-state index in [0.29, 0.717) is 6.71 Å². The maximum Gasteiger partial charge on any atom is 0.233 e. The summed E-state index contributed by atoms with van der Waals surface area (Å²) in [5.74, 6) is 1.99. The van der Waals surface area contributed by atoms with Gasteiger partial charge in [-0.25, -0.2) is 4.98 Å². The summed E-state index contributed by atoms with van der Waals surface area (Å²) in [6.07, 6.45) is 8.29. The van der Waals surface area contributed by atoms with Crippen LogP contribution in [0.25, 0.3) is 0 Å². The van der Waals surface area contributed by atoms with Gasteiger partial charge in [0, 0.05) is 12.4 Å². The molecule has 4 heteroatoms. The van der Waals surface area contributed by atoms with Crippen LogP contribution < -0.4 is 16.1 Å². The summed E-state index contributed by atoms with van der Waals surface area (Å²) in [7, 11) is -0.785. The van der Waals surface area contributed by atoms with E-state index in [1.54, 1.807) is 0 Å². The van der Waals surface area contributed by atoms with Crippen molar-refractivity contribution in [3.8, 4) is 0 Å². The number of aromatic nitrogens is 2. The molecule has 2 nitrogen and oxygen atoms in total. The molecule has 43 heavy (non-hydrogen) atoms. The number of nitrogens with zero attached hydrogens (tertiary/aromatic N) is 2. The maximum atomic E-state index is 4.41. The van der Waals surface area contributed by atoms with Crippen LogP contribution in [0, 0.1) is 0 Å². The second-order valence-electron chi connectivity index (χ2n) is 10.8. The van der Waals surface area contributed by atoms with Gasteiger partial charge in [0.05, 0.1) is 21.0 Å². The lowest BCUT2D eigenvalue weighted by molar-refractivity contribution is 0.596. The molecule has 0 spiro atoms. The Bertz CT molecular complexity index is 1580. The second-order valence-corrected chi connectivity index (χ2v) is 13.0. The average molecular weight is 575 g/mol. The Hall–Kier alpha value is -4.67. The van der Waals surface area contributed by atoms with E-state index in [1.165, 1.54) is 39.2 Å².